The fourth-order valence-electron chi connectivity index (χ4n) is 2.13. The molecule has 0 bridgehead atoms. The fraction of sp³-hybridized carbons (Fsp3) is 0.267. The third-order valence-electron chi connectivity index (χ3n) is 3.38. The first-order valence-corrected chi connectivity index (χ1v) is 7.62. The largest absolute Gasteiger partial charge is 0.322 e. The smallest absolute Gasteiger partial charge is 0.317 e. The highest BCUT2D eigenvalue weighted by atomic mass is 32.1. The predicted molar refractivity (Wildman–Crippen MR) is 78.3 cm³/mol. The number of halogens is 2. The minimum absolute atomic E-state index is 0.153. The summed E-state index contributed by atoms with van der Waals surface area (Å²) in [5.41, 5.74) is 0.634. The standard InChI is InChI=1S/C15H14F2N2OS/c16-12-2-1-3-13(17)14(12)18-15(20)19(11-4-5-11)8-10-6-7-21-9-10/h1-3,6-7,9,11H,4-5,8H2,(H,18,20). The van der Waals surface area contributed by atoms with Crippen LogP contribution in [0.4, 0.5) is 19.3 Å². The number of urea groups is 1. The lowest BCUT2D eigenvalue weighted by atomic mass is 10.3. The van der Waals surface area contributed by atoms with Gasteiger partial charge in [0.25, 0.3) is 0 Å². The van der Waals surface area contributed by atoms with Crippen molar-refractivity contribution in [2.75, 3.05) is 5.32 Å². The monoisotopic (exact) mass is 308 g/mol. The van der Waals surface area contributed by atoms with Crippen molar-refractivity contribution in [2.24, 2.45) is 0 Å². The van der Waals surface area contributed by atoms with Crippen LogP contribution in [-0.2, 0) is 6.54 Å². The number of carbonyl (C=O) groups is 1. The summed E-state index contributed by atoms with van der Waals surface area (Å²) in [6, 6.07) is 5.15. The number of nitrogens with one attached hydrogen (secondary N) is 1. The predicted octanol–water partition coefficient (Wildman–Crippen LogP) is 4.22. The van der Waals surface area contributed by atoms with E-state index in [0.717, 1.165) is 30.5 Å². The van der Waals surface area contributed by atoms with Crippen LogP contribution in [0.2, 0.25) is 0 Å². The molecule has 0 aliphatic heterocycles. The summed E-state index contributed by atoms with van der Waals surface area (Å²) in [6.45, 7) is 0.454. The molecule has 3 rings (SSSR count). The minimum Gasteiger partial charge on any atom is -0.317 e. The third-order valence-corrected chi connectivity index (χ3v) is 4.11. The molecule has 0 saturated heterocycles. The molecular weight excluding hydrogens is 294 g/mol. The van der Waals surface area contributed by atoms with E-state index in [2.05, 4.69) is 5.32 Å². The number of amides is 2. The molecule has 2 aromatic rings. The number of thiophene rings is 1. The summed E-state index contributed by atoms with van der Waals surface area (Å²) in [4.78, 5) is 13.9. The molecule has 2 amide bonds. The molecule has 0 spiro atoms. The zero-order valence-electron chi connectivity index (χ0n) is 11.2. The first-order valence-electron chi connectivity index (χ1n) is 6.68. The molecule has 1 aliphatic carbocycles. The maximum atomic E-state index is 13.6. The van der Waals surface area contributed by atoms with Gasteiger partial charge < -0.3 is 10.2 Å². The fourth-order valence-corrected chi connectivity index (χ4v) is 2.79. The Bertz CT molecular complexity index is 621. The van der Waals surface area contributed by atoms with E-state index in [1.165, 1.54) is 6.07 Å². The van der Waals surface area contributed by atoms with Crippen molar-refractivity contribution >= 4 is 23.1 Å². The molecule has 0 unspecified atom stereocenters. The Morgan fingerprint density at radius 2 is 2.00 bits per heavy atom. The van der Waals surface area contributed by atoms with E-state index < -0.39 is 23.4 Å². The number of benzene rings is 1. The van der Waals surface area contributed by atoms with E-state index in [-0.39, 0.29) is 6.04 Å². The van der Waals surface area contributed by atoms with Crippen molar-refractivity contribution in [3.63, 3.8) is 0 Å². The Labute approximate surface area is 125 Å². The zero-order chi connectivity index (χ0) is 14.8. The zero-order valence-corrected chi connectivity index (χ0v) is 12.0. The molecule has 1 aromatic heterocycles. The van der Waals surface area contributed by atoms with Crippen molar-refractivity contribution in [1.82, 2.24) is 4.90 Å². The van der Waals surface area contributed by atoms with Crippen LogP contribution in [0.5, 0.6) is 0 Å². The summed E-state index contributed by atoms with van der Waals surface area (Å²) in [7, 11) is 0. The molecule has 1 heterocycles. The maximum Gasteiger partial charge on any atom is 0.322 e. The quantitative estimate of drug-likeness (QED) is 0.901. The van der Waals surface area contributed by atoms with Crippen LogP contribution in [0.3, 0.4) is 0 Å². The molecule has 21 heavy (non-hydrogen) atoms. The topological polar surface area (TPSA) is 32.3 Å². The maximum absolute atomic E-state index is 13.6. The van der Waals surface area contributed by atoms with E-state index in [1.807, 2.05) is 16.8 Å². The summed E-state index contributed by atoms with van der Waals surface area (Å²) in [5, 5.41) is 6.26. The Kier molecular flexibility index (Phi) is 3.88. The summed E-state index contributed by atoms with van der Waals surface area (Å²) < 4.78 is 27.2. The second kappa shape index (κ2) is 5.81. The van der Waals surface area contributed by atoms with E-state index >= 15 is 0 Å². The average Bonchev–Trinajstić information content (AvgIpc) is 3.17. The van der Waals surface area contributed by atoms with Crippen molar-refractivity contribution in [3.05, 3.63) is 52.2 Å². The van der Waals surface area contributed by atoms with Gasteiger partial charge in [-0.05, 0) is 47.4 Å². The van der Waals surface area contributed by atoms with Crippen LogP contribution in [0, 0.1) is 11.6 Å². The van der Waals surface area contributed by atoms with E-state index in [1.54, 1.807) is 16.2 Å². The second-order valence-corrected chi connectivity index (χ2v) is 5.80. The van der Waals surface area contributed by atoms with Gasteiger partial charge in [0, 0.05) is 12.6 Å². The SMILES string of the molecule is O=C(Nc1c(F)cccc1F)N(Cc1ccsc1)C1CC1. The third kappa shape index (κ3) is 3.21. The highest BCUT2D eigenvalue weighted by Crippen LogP contribution is 2.30. The first-order chi connectivity index (χ1) is 10.1. The van der Waals surface area contributed by atoms with E-state index in [4.69, 9.17) is 0 Å². The lowest BCUT2D eigenvalue weighted by molar-refractivity contribution is 0.206. The van der Waals surface area contributed by atoms with Crippen LogP contribution in [-0.4, -0.2) is 17.0 Å². The van der Waals surface area contributed by atoms with Crippen molar-refractivity contribution in [3.8, 4) is 0 Å². The highest BCUT2D eigenvalue weighted by Gasteiger charge is 2.33. The number of carbonyl (C=O) groups excluding carboxylic acids is 1. The van der Waals surface area contributed by atoms with Crippen LogP contribution in [0.25, 0.3) is 0 Å². The lowest BCUT2D eigenvalue weighted by Gasteiger charge is -2.22. The van der Waals surface area contributed by atoms with Gasteiger partial charge in [-0.3, -0.25) is 0 Å². The van der Waals surface area contributed by atoms with Gasteiger partial charge in [-0.15, -0.1) is 0 Å². The van der Waals surface area contributed by atoms with E-state index in [0.29, 0.717) is 6.54 Å². The Morgan fingerprint density at radius 1 is 1.29 bits per heavy atom. The van der Waals surface area contributed by atoms with Crippen molar-refractivity contribution in [2.45, 2.75) is 25.4 Å². The number of hydrogen-bond donors (Lipinski definition) is 1. The Balaban J connectivity index is 1.75. The van der Waals surface area contributed by atoms with Gasteiger partial charge in [-0.25, -0.2) is 13.6 Å². The average molecular weight is 308 g/mol. The lowest BCUT2D eigenvalue weighted by Crippen LogP contribution is -2.36. The first kappa shape index (κ1) is 14.0. The summed E-state index contributed by atoms with van der Waals surface area (Å²) in [6.07, 6.45) is 1.86. The van der Waals surface area contributed by atoms with Gasteiger partial charge >= 0.3 is 6.03 Å². The summed E-state index contributed by atoms with van der Waals surface area (Å²) in [5.74, 6) is -1.54. The molecule has 0 radical (unpaired) electrons. The Hall–Kier alpha value is -1.95. The molecule has 1 fully saturated rings. The number of anilines is 1. The van der Waals surface area contributed by atoms with Gasteiger partial charge in [-0.1, -0.05) is 6.07 Å². The molecule has 6 heteroatoms. The Morgan fingerprint density at radius 3 is 2.57 bits per heavy atom. The van der Waals surface area contributed by atoms with Crippen LogP contribution < -0.4 is 5.32 Å². The van der Waals surface area contributed by atoms with Crippen molar-refractivity contribution in [1.29, 1.82) is 0 Å². The van der Waals surface area contributed by atoms with Crippen LogP contribution in [0.15, 0.2) is 35.0 Å². The molecule has 1 saturated carbocycles. The number of para-hydroxylation sites is 1. The number of rotatable bonds is 4. The molecule has 110 valence electrons. The van der Waals surface area contributed by atoms with Gasteiger partial charge in [-0.2, -0.15) is 11.3 Å². The normalized spacial score (nSPS) is 14.0. The van der Waals surface area contributed by atoms with Crippen LogP contribution in [0.1, 0.15) is 18.4 Å². The van der Waals surface area contributed by atoms with Gasteiger partial charge in [0.15, 0.2) is 0 Å². The summed E-state index contributed by atoms with van der Waals surface area (Å²) >= 11 is 1.56. The highest BCUT2D eigenvalue weighted by molar-refractivity contribution is 7.07. The molecule has 1 aliphatic rings. The molecule has 1 aromatic carbocycles. The van der Waals surface area contributed by atoms with Crippen molar-refractivity contribution < 1.29 is 13.6 Å². The van der Waals surface area contributed by atoms with Gasteiger partial charge in [0.1, 0.15) is 17.3 Å². The molecular formula is C15H14F2N2OS. The van der Waals surface area contributed by atoms with Gasteiger partial charge in [0.05, 0.1) is 0 Å². The van der Waals surface area contributed by atoms with E-state index in [9.17, 15) is 13.6 Å². The number of hydrogen-bond acceptors (Lipinski definition) is 2. The number of nitrogens with zero attached hydrogens (tertiary/aromatic N) is 1. The molecule has 0 atom stereocenters. The second-order valence-electron chi connectivity index (χ2n) is 5.02. The van der Waals surface area contributed by atoms with Crippen LogP contribution >= 0.6 is 11.3 Å². The molecule has 3 nitrogen and oxygen atoms in total. The minimum atomic E-state index is -0.769. The molecule has 1 N–H and O–H groups in total. The van der Waals surface area contributed by atoms with Gasteiger partial charge in [0.2, 0.25) is 0 Å².